The summed E-state index contributed by atoms with van der Waals surface area (Å²) in [6, 6.07) is 6.72. The lowest BCUT2D eigenvalue weighted by atomic mass is 9.87. The van der Waals surface area contributed by atoms with Crippen LogP contribution < -0.4 is 10.6 Å². The maximum absolute atomic E-state index is 13.0. The van der Waals surface area contributed by atoms with Crippen LogP contribution in [-0.2, 0) is 0 Å². The third-order valence-electron chi connectivity index (χ3n) is 4.08. The summed E-state index contributed by atoms with van der Waals surface area (Å²) < 4.78 is 13.0. The van der Waals surface area contributed by atoms with E-state index < -0.39 is 0 Å². The van der Waals surface area contributed by atoms with Crippen LogP contribution in [0.3, 0.4) is 0 Å². The van der Waals surface area contributed by atoms with E-state index >= 15 is 0 Å². The number of piperidine rings is 1. The fourth-order valence-corrected chi connectivity index (χ4v) is 2.70. The second-order valence-corrected chi connectivity index (χ2v) is 5.32. The lowest BCUT2D eigenvalue weighted by molar-refractivity contribution is 0.135. The number of benzene rings is 1. The van der Waals surface area contributed by atoms with Gasteiger partial charge >= 0.3 is 0 Å². The summed E-state index contributed by atoms with van der Waals surface area (Å²) in [4.78, 5) is 4.53. The summed E-state index contributed by atoms with van der Waals surface area (Å²) in [5, 5.41) is 0. The number of hydrogen-bond donors (Lipinski definition) is 1. The molecule has 3 nitrogen and oxygen atoms in total. The van der Waals surface area contributed by atoms with E-state index in [1.165, 1.54) is 12.1 Å². The second kappa shape index (κ2) is 5.24. The molecule has 100 valence electrons. The van der Waals surface area contributed by atoms with Crippen LogP contribution >= 0.6 is 0 Å². The molecule has 2 rings (SSSR count). The van der Waals surface area contributed by atoms with E-state index in [2.05, 4.69) is 23.9 Å². The minimum atomic E-state index is -0.187. The van der Waals surface area contributed by atoms with Gasteiger partial charge in [0, 0.05) is 25.3 Å². The van der Waals surface area contributed by atoms with Crippen molar-refractivity contribution in [3.63, 3.8) is 0 Å². The Hall–Kier alpha value is -1.13. The topological polar surface area (TPSA) is 32.5 Å². The molecule has 0 amide bonds. The molecule has 1 saturated heterocycles. The first-order valence-electron chi connectivity index (χ1n) is 6.45. The molecule has 1 aromatic rings. The predicted molar refractivity (Wildman–Crippen MR) is 73.3 cm³/mol. The van der Waals surface area contributed by atoms with Crippen molar-refractivity contribution in [2.75, 3.05) is 38.6 Å². The summed E-state index contributed by atoms with van der Waals surface area (Å²) in [5.41, 5.74) is 7.09. The molecular weight excluding hydrogens is 229 g/mol. The second-order valence-electron chi connectivity index (χ2n) is 5.32. The normalized spacial score (nSPS) is 24.6. The van der Waals surface area contributed by atoms with Gasteiger partial charge in [0.25, 0.3) is 0 Å². The van der Waals surface area contributed by atoms with Gasteiger partial charge in [-0.15, -0.1) is 0 Å². The van der Waals surface area contributed by atoms with Crippen LogP contribution in [0.5, 0.6) is 0 Å². The lowest BCUT2D eigenvalue weighted by Crippen LogP contribution is -2.60. The van der Waals surface area contributed by atoms with E-state index in [0.717, 1.165) is 31.6 Å². The largest absolute Gasteiger partial charge is 0.370 e. The van der Waals surface area contributed by atoms with Crippen molar-refractivity contribution in [1.82, 2.24) is 4.90 Å². The predicted octanol–water partition coefficient (Wildman–Crippen LogP) is 1.68. The quantitative estimate of drug-likeness (QED) is 0.887. The Balaban J connectivity index is 2.18. The molecule has 1 aliphatic rings. The number of likely N-dealkylation sites (N-methyl/N-ethyl adjacent to an activating group) is 1. The van der Waals surface area contributed by atoms with Crippen LogP contribution in [-0.4, -0.2) is 44.2 Å². The zero-order chi connectivity index (χ0) is 13.2. The standard InChI is InChI=1S/C14H22FN3/c1-17(2)14(10-16)8-3-9-18(11-14)13-6-4-12(15)5-7-13/h4-7H,3,8-11,16H2,1-2H3. The summed E-state index contributed by atoms with van der Waals surface area (Å²) in [6.45, 7) is 2.57. The van der Waals surface area contributed by atoms with Gasteiger partial charge in [-0.1, -0.05) is 0 Å². The minimum Gasteiger partial charge on any atom is -0.370 e. The number of nitrogens with zero attached hydrogens (tertiary/aromatic N) is 2. The highest BCUT2D eigenvalue weighted by atomic mass is 19.1. The Bertz CT molecular complexity index is 391. The Kier molecular flexibility index (Phi) is 3.88. The molecule has 0 bridgehead atoms. The molecule has 1 unspecified atom stereocenters. The van der Waals surface area contributed by atoms with Crippen LogP contribution in [0.4, 0.5) is 10.1 Å². The maximum Gasteiger partial charge on any atom is 0.123 e. The Morgan fingerprint density at radius 1 is 1.33 bits per heavy atom. The molecule has 2 N–H and O–H groups in total. The van der Waals surface area contributed by atoms with E-state index in [9.17, 15) is 4.39 Å². The van der Waals surface area contributed by atoms with Crippen molar-refractivity contribution in [2.45, 2.75) is 18.4 Å². The highest BCUT2D eigenvalue weighted by molar-refractivity contribution is 5.47. The summed E-state index contributed by atoms with van der Waals surface area (Å²) >= 11 is 0. The molecule has 4 heteroatoms. The number of nitrogens with two attached hydrogens (primary N) is 1. The summed E-state index contributed by atoms with van der Waals surface area (Å²) in [7, 11) is 4.17. The van der Waals surface area contributed by atoms with Crippen LogP contribution in [0, 0.1) is 5.82 Å². The van der Waals surface area contributed by atoms with Crippen molar-refractivity contribution in [3.05, 3.63) is 30.1 Å². The third-order valence-corrected chi connectivity index (χ3v) is 4.08. The fraction of sp³-hybridized carbons (Fsp3) is 0.571. The highest BCUT2D eigenvalue weighted by Crippen LogP contribution is 2.28. The molecule has 0 aliphatic carbocycles. The molecule has 1 fully saturated rings. The molecular formula is C14H22FN3. The maximum atomic E-state index is 13.0. The average molecular weight is 251 g/mol. The molecule has 0 spiro atoms. The van der Waals surface area contributed by atoms with Crippen LogP contribution in [0.2, 0.25) is 0 Å². The van der Waals surface area contributed by atoms with Gasteiger partial charge in [0.05, 0.1) is 5.54 Å². The zero-order valence-corrected chi connectivity index (χ0v) is 11.2. The first kappa shape index (κ1) is 13.3. The summed E-state index contributed by atoms with van der Waals surface area (Å²) in [6.07, 6.45) is 2.24. The lowest BCUT2D eigenvalue weighted by Gasteiger charge is -2.47. The monoisotopic (exact) mass is 251 g/mol. The number of rotatable bonds is 3. The molecule has 0 radical (unpaired) electrons. The minimum absolute atomic E-state index is 0.0344. The van der Waals surface area contributed by atoms with E-state index in [0.29, 0.717) is 6.54 Å². The van der Waals surface area contributed by atoms with Gasteiger partial charge in [-0.3, -0.25) is 0 Å². The summed E-state index contributed by atoms with van der Waals surface area (Å²) in [5.74, 6) is -0.187. The molecule has 0 saturated carbocycles. The van der Waals surface area contributed by atoms with Gasteiger partial charge in [-0.25, -0.2) is 4.39 Å². The Morgan fingerprint density at radius 3 is 2.56 bits per heavy atom. The molecule has 1 aromatic carbocycles. The van der Waals surface area contributed by atoms with Crippen LogP contribution in [0.1, 0.15) is 12.8 Å². The van der Waals surface area contributed by atoms with Gasteiger partial charge in [0.15, 0.2) is 0 Å². The van der Waals surface area contributed by atoms with Crippen molar-refractivity contribution >= 4 is 5.69 Å². The van der Waals surface area contributed by atoms with E-state index in [4.69, 9.17) is 5.73 Å². The first-order chi connectivity index (χ1) is 8.57. The molecule has 18 heavy (non-hydrogen) atoms. The van der Waals surface area contributed by atoms with Gasteiger partial charge in [0.1, 0.15) is 5.82 Å². The molecule has 1 atom stereocenters. The average Bonchev–Trinajstić information content (AvgIpc) is 2.39. The number of halogens is 1. The smallest absolute Gasteiger partial charge is 0.123 e. The Morgan fingerprint density at radius 2 is 2.00 bits per heavy atom. The third kappa shape index (κ3) is 2.49. The number of anilines is 1. The van der Waals surface area contributed by atoms with Gasteiger partial charge in [0.2, 0.25) is 0 Å². The fourth-order valence-electron chi connectivity index (χ4n) is 2.70. The Labute approximate surface area is 108 Å². The van der Waals surface area contributed by atoms with Crippen molar-refractivity contribution in [1.29, 1.82) is 0 Å². The number of hydrogen-bond acceptors (Lipinski definition) is 3. The zero-order valence-electron chi connectivity index (χ0n) is 11.2. The van der Waals surface area contributed by atoms with Crippen molar-refractivity contribution in [3.8, 4) is 0 Å². The van der Waals surface area contributed by atoms with E-state index in [-0.39, 0.29) is 11.4 Å². The van der Waals surface area contributed by atoms with Crippen molar-refractivity contribution in [2.24, 2.45) is 5.73 Å². The molecule has 1 heterocycles. The van der Waals surface area contributed by atoms with Crippen molar-refractivity contribution < 1.29 is 4.39 Å². The molecule has 1 aliphatic heterocycles. The van der Waals surface area contributed by atoms with Gasteiger partial charge in [-0.05, 0) is 51.2 Å². The van der Waals surface area contributed by atoms with Gasteiger partial charge < -0.3 is 15.5 Å². The van der Waals surface area contributed by atoms with E-state index in [1.54, 1.807) is 0 Å². The molecule has 0 aromatic heterocycles. The van der Waals surface area contributed by atoms with Gasteiger partial charge in [-0.2, -0.15) is 0 Å². The van der Waals surface area contributed by atoms with E-state index in [1.807, 2.05) is 12.1 Å². The first-order valence-corrected chi connectivity index (χ1v) is 6.45. The SMILES string of the molecule is CN(C)C1(CN)CCCN(c2ccc(F)cc2)C1. The highest BCUT2D eigenvalue weighted by Gasteiger charge is 2.36. The van der Waals surface area contributed by atoms with Crippen LogP contribution in [0.15, 0.2) is 24.3 Å². The van der Waals surface area contributed by atoms with Crippen LogP contribution in [0.25, 0.3) is 0 Å².